The third-order valence-corrected chi connectivity index (χ3v) is 4.69. The minimum atomic E-state index is -0.747. The summed E-state index contributed by atoms with van der Waals surface area (Å²) in [4.78, 5) is 34.8. The predicted octanol–water partition coefficient (Wildman–Crippen LogP) is 5.12. The van der Waals surface area contributed by atoms with Crippen LogP contribution < -0.4 is 10.1 Å². The number of nitriles is 1. The van der Waals surface area contributed by atoms with E-state index in [1.807, 2.05) is 6.07 Å². The van der Waals surface area contributed by atoms with Gasteiger partial charge in [-0.05, 0) is 54.1 Å². The van der Waals surface area contributed by atoms with E-state index in [4.69, 9.17) is 4.74 Å². The maximum atomic E-state index is 12.3. The SMILES string of the molecule is N#C/C(=C/c1ccc(OC(=O)c2cccc([N+](=O)[O-])c2)cc1)C(=O)Nc1ccc(Br)cc1. The van der Waals surface area contributed by atoms with Crippen LogP contribution in [0.1, 0.15) is 15.9 Å². The van der Waals surface area contributed by atoms with Crippen LogP contribution in [0.4, 0.5) is 11.4 Å². The first-order valence-electron chi connectivity index (χ1n) is 9.11. The Bertz CT molecular complexity index is 1250. The maximum absolute atomic E-state index is 12.3. The van der Waals surface area contributed by atoms with E-state index in [0.29, 0.717) is 11.3 Å². The molecule has 8 nitrogen and oxygen atoms in total. The number of halogens is 1. The molecule has 0 saturated heterocycles. The Morgan fingerprint density at radius 1 is 1.06 bits per heavy atom. The lowest BCUT2D eigenvalue weighted by Crippen LogP contribution is -2.13. The molecule has 3 rings (SSSR count). The Morgan fingerprint density at radius 2 is 1.75 bits per heavy atom. The quantitative estimate of drug-likeness (QED) is 0.127. The molecule has 1 amide bonds. The molecule has 3 aromatic carbocycles. The minimum Gasteiger partial charge on any atom is -0.423 e. The molecular formula is C23H14BrN3O5. The Balaban J connectivity index is 1.69. The monoisotopic (exact) mass is 491 g/mol. The minimum absolute atomic E-state index is 0.0413. The van der Waals surface area contributed by atoms with Gasteiger partial charge in [-0.15, -0.1) is 0 Å². The number of nitro groups is 1. The average Bonchev–Trinajstić information content (AvgIpc) is 2.80. The van der Waals surface area contributed by atoms with E-state index >= 15 is 0 Å². The van der Waals surface area contributed by atoms with Gasteiger partial charge in [0.25, 0.3) is 11.6 Å². The van der Waals surface area contributed by atoms with Crippen molar-refractivity contribution in [2.45, 2.75) is 0 Å². The summed E-state index contributed by atoms with van der Waals surface area (Å²) >= 11 is 3.31. The summed E-state index contributed by atoms with van der Waals surface area (Å²) in [6, 6.07) is 20.1. The molecule has 0 radical (unpaired) electrons. The molecule has 0 aliphatic heterocycles. The van der Waals surface area contributed by atoms with Crippen LogP contribution in [0.15, 0.2) is 82.8 Å². The van der Waals surface area contributed by atoms with Crippen molar-refractivity contribution >= 4 is 45.3 Å². The van der Waals surface area contributed by atoms with Gasteiger partial charge >= 0.3 is 5.97 Å². The average molecular weight is 492 g/mol. The summed E-state index contributed by atoms with van der Waals surface area (Å²) in [6.45, 7) is 0. The van der Waals surface area contributed by atoms with E-state index in [-0.39, 0.29) is 22.6 Å². The van der Waals surface area contributed by atoms with Gasteiger partial charge in [0, 0.05) is 22.3 Å². The van der Waals surface area contributed by atoms with Gasteiger partial charge in [0.2, 0.25) is 0 Å². The van der Waals surface area contributed by atoms with Crippen LogP contribution in [-0.4, -0.2) is 16.8 Å². The van der Waals surface area contributed by atoms with E-state index in [1.54, 1.807) is 36.4 Å². The van der Waals surface area contributed by atoms with Crippen LogP contribution in [0, 0.1) is 21.4 Å². The smallest absolute Gasteiger partial charge is 0.343 e. The van der Waals surface area contributed by atoms with Crippen LogP contribution >= 0.6 is 15.9 Å². The fraction of sp³-hybridized carbons (Fsp3) is 0. The van der Waals surface area contributed by atoms with Gasteiger partial charge in [-0.25, -0.2) is 4.79 Å². The molecule has 0 atom stereocenters. The first kappa shape index (κ1) is 22.4. The summed E-state index contributed by atoms with van der Waals surface area (Å²) in [5, 5.41) is 22.8. The summed E-state index contributed by atoms with van der Waals surface area (Å²) in [7, 11) is 0. The fourth-order valence-electron chi connectivity index (χ4n) is 2.59. The van der Waals surface area contributed by atoms with Gasteiger partial charge in [0.05, 0.1) is 10.5 Å². The largest absolute Gasteiger partial charge is 0.423 e. The Morgan fingerprint density at radius 3 is 2.38 bits per heavy atom. The van der Waals surface area contributed by atoms with E-state index in [1.165, 1.54) is 36.4 Å². The topological polar surface area (TPSA) is 122 Å². The number of hydrogen-bond acceptors (Lipinski definition) is 6. The summed E-state index contributed by atoms with van der Waals surface area (Å²) < 4.78 is 6.09. The summed E-state index contributed by atoms with van der Waals surface area (Å²) in [6.07, 6.45) is 1.40. The van der Waals surface area contributed by atoms with E-state index < -0.39 is 16.8 Å². The lowest BCUT2D eigenvalue weighted by molar-refractivity contribution is -0.384. The molecule has 158 valence electrons. The summed E-state index contributed by atoms with van der Waals surface area (Å²) in [5.41, 5.74) is 0.810. The number of esters is 1. The van der Waals surface area contributed by atoms with Crippen LogP contribution in [0.5, 0.6) is 5.75 Å². The van der Waals surface area contributed by atoms with E-state index in [9.17, 15) is 25.0 Å². The number of anilines is 1. The first-order valence-corrected chi connectivity index (χ1v) is 9.90. The zero-order valence-corrected chi connectivity index (χ0v) is 17.9. The van der Waals surface area contributed by atoms with Crippen LogP contribution in [0.2, 0.25) is 0 Å². The van der Waals surface area contributed by atoms with Crippen molar-refractivity contribution in [2.24, 2.45) is 0 Å². The van der Waals surface area contributed by atoms with E-state index in [2.05, 4.69) is 21.2 Å². The molecule has 0 bridgehead atoms. The van der Waals surface area contributed by atoms with Crippen molar-refractivity contribution < 1.29 is 19.2 Å². The number of carbonyl (C=O) groups excluding carboxylic acids is 2. The number of carbonyl (C=O) groups is 2. The molecule has 0 heterocycles. The zero-order valence-electron chi connectivity index (χ0n) is 16.3. The third kappa shape index (κ3) is 5.87. The van der Waals surface area contributed by atoms with Crippen molar-refractivity contribution in [1.29, 1.82) is 5.26 Å². The Hall–Kier alpha value is -4.29. The number of ether oxygens (including phenoxy) is 1. The number of nitro benzene ring substituents is 1. The standard InChI is InChI=1S/C23H14BrN3O5/c24-18-6-8-19(9-7-18)26-22(28)17(14-25)12-15-4-10-21(11-5-15)32-23(29)16-2-1-3-20(13-16)27(30)31/h1-13H,(H,26,28)/b17-12-. The Kier molecular flexibility index (Phi) is 7.10. The van der Waals surface area contributed by atoms with Gasteiger partial charge < -0.3 is 10.1 Å². The molecule has 0 aliphatic carbocycles. The lowest BCUT2D eigenvalue weighted by atomic mass is 10.1. The van der Waals surface area contributed by atoms with Crippen molar-refractivity contribution in [3.63, 3.8) is 0 Å². The first-order chi connectivity index (χ1) is 15.4. The van der Waals surface area contributed by atoms with Crippen molar-refractivity contribution in [2.75, 3.05) is 5.32 Å². The molecule has 32 heavy (non-hydrogen) atoms. The molecule has 9 heteroatoms. The third-order valence-electron chi connectivity index (χ3n) is 4.16. The predicted molar refractivity (Wildman–Crippen MR) is 121 cm³/mol. The number of non-ortho nitro benzene ring substituents is 1. The van der Waals surface area contributed by atoms with Gasteiger partial charge in [-0.3, -0.25) is 14.9 Å². The molecular weight excluding hydrogens is 478 g/mol. The highest BCUT2D eigenvalue weighted by Crippen LogP contribution is 2.19. The second-order valence-corrected chi connectivity index (χ2v) is 7.31. The maximum Gasteiger partial charge on any atom is 0.343 e. The van der Waals surface area contributed by atoms with Crippen molar-refractivity contribution in [3.8, 4) is 11.8 Å². The van der Waals surface area contributed by atoms with E-state index in [0.717, 1.165) is 10.5 Å². The van der Waals surface area contributed by atoms with Crippen LogP contribution in [0.25, 0.3) is 6.08 Å². The van der Waals surface area contributed by atoms with Crippen LogP contribution in [0.3, 0.4) is 0 Å². The number of nitrogens with zero attached hydrogens (tertiary/aromatic N) is 2. The molecule has 3 aromatic rings. The van der Waals surface area contributed by atoms with Crippen LogP contribution in [-0.2, 0) is 4.79 Å². The number of hydrogen-bond donors (Lipinski definition) is 1. The Labute approximate surface area is 191 Å². The highest BCUT2D eigenvalue weighted by atomic mass is 79.9. The normalized spacial score (nSPS) is 10.7. The number of benzene rings is 3. The number of nitrogens with one attached hydrogen (secondary N) is 1. The molecule has 0 aliphatic rings. The molecule has 1 N–H and O–H groups in total. The van der Waals surface area contributed by atoms with Gasteiger partial charge in [0.15, 0.2) is 0 Å². The fourth-order valence-corrected chi connectivity index (χ4v) is 2.86. The summed E-state index contributed by atoms with van der Waals surface area (Å²) in [5.74, 6) is -1.10. The number of rotatable bonds is 6. The second-order valence-electron chi connectivity index (χ2n) is 6.40. The number of amides is 1. The highest BCUT2D eigenvalue weighted by molar-refractivity contribution is 9.10. The second kappa shape index (κ2) is 10.1. The van der Waals surface area contributed by atoms with Crippen molar-refractivity contribution in [1.82, 2.24) is 0 Å². The van der Waals surface area contributed by atoms with Gasteiger partial charge in [-0.2, -0.15) is 5.26 Å². The molecule has 0 aromatic heterocycles. The molecule has 0 fully saturated rings. The molecule has 0 spiro atoms. The molecule has 0 saturated carbocycles. The van der Waals surface area contributed by atoms with Gasteiger partial charge in [0.1, 0.15) is 17.4 Å². The molecule has 0 unspecified atom stereocenters. The lowest BCUT2D eigenvalue weighted by Gasteiger charge is -2.06. The zero-order chi connectivity index (χ0) is 23.1. The van der Waals surface area contributed by atoms with Crippen molar-refractivity contribution in [3.05, 3.63) is 104 Å². The highest BCUT2D eigenvalue weighted by Gasteiger charge is 2.14. The van der Waals surface area contributed by atoms with Gasteiger partial charge in [-0.1, -0.05) is 34.1 Å².